The lowest BCUT2D eigenvalue weighted by Crippen LogP contribution is -2.54. The van der Waals surface area contributed by atoms with Crippen LogP contribution in [0.5, 0.6) is 0 Å². The van der Waals surface area contributed by atoms with Crippen molar-refractivity contribution in [1.82, 2.24) is 9.88 Å². The van der Waals surface area contributed by atoms with Crippen LogP contribution in [0.15, 0.2) is 66.7 Å². The summed E-state index contributed by atoms with van der Waals surface area (Å²) >= 11 is 0.994. The fraction of sp³-hybridized carbons (Fsp3) is 0.292. The summed E-state index contributed by atoms with van der Waals surface area (Å²) in [6.07, 6.45) is 1.67. The molecule has 2 aromatic carbocycles. The van der Waals surface area contributed by atoms with Gasteiger partial charge in [-0.05, 0) is 48.4 Å². The molecule has 6 nitrogen and oxygen atoms in total. The predicted octanol–water partition coefficient (Wildman–Crippen LogP) is 4.44. The molecule has 2 fully saturated rings. The summed E-state index contributed by atoms with van der Waals surface area (Å²) in [5.41, 5.74) is 1.82. The number of methoxy groups -OCH3 is 1. The molecule has 3 heterocycles. The maximum atomic E-state index is 13.6. The molecule has 0 saturated carbocycles. The summed E-state index contributed by atoms with van der Waals surface area (Å²) < 4.78 is 5.85. The normalized spacial score (nSPS) is 23.8. The molecule has 1 aromatic heterocycles. The highest BCUT2D eigenvalue weighted by molar-refractivity contribution is 8.15. The SMILES string of the molecule is COC1(C2CCCN2c2ccc3ccccc3n2)SC(=O)N(Cc2ccccc2)C1=O. The van der Waals surface area contributed by atoms with Crippen molar-refractivity contribution in [3.8, 4) is 0 Å². The lowest BCUT2D eigenvalue weighted by atomic mass is 10.1. The minimum atomic E-state index is -1.27. The molecule has 31 heavy (non-hydrogen) atoms. The largest absolute Gasteiger partial charge is 0.356 e. The monoisotopic (exact) mass is 433 g/mol. The number of ether oxygens (including phenoxy) is 1. The molecular formula is C24H23N3O3S. The maximum Gasteiger partial charge on any atom is 0.292 e. The van der Waals surface area contributed by atoms with Crippen LogP contribution in [-0.2, 0) is 16.1 Å². The van der Waals surface area contributed by atoms with Crippen molar-refractivity contribution >= 4 is 39.6 Å². The second kappa shape index (κ2) is 7.98. The molecule has 0 bridgehead atoms. The van der Waals surface area contributed by atoms with Gasteiger partial charge in [-0.15, -0.1) is 0 Å². The minimum Gasteiger partial charge on any atom is -0.356 e. The molecule has 158 valence electrons. The lowest BCUT2D eigenvalue weighted by Gasteiger charge is -2.36. The molecule has 2 unspecified atom stereocenters. The van der Waals surface area contributed by atoms with E-state index in [1.54, 1.807) is 0 Å². The molecule has 2 aliphatic heterocycles. The van der Waals surface area contributed by atoms with Crippen LogP contribution in [0.4, 0.5) is 10.6 Å². The van der Waals surface area contributed by atoms with E-state index in [1.807, 2.05) is 66.7 Å². The first-order chi connectivity index (χ1) is 15.1. The number of benzene rings is 2. The van der Waals surface area contributed by atoms with E-state index in [9.17, 15) is 9.59 Å². The fourth-order valence-corrected chi connectivity index (χ4v) is 5.71. The Hall–Kier alpha value is -2.90. The number of pyridine rings is 1. The summed E-state index contributed by atoms with van der Waals surface area (Å²) in [6, 6.07) is 21.3. The zero-order valence-corrected chi connectivity index (χ0v) is 18.0. The molecule has 5 rings (SSSR count). The van der Waals surface area contributed by atoms with Crippen molar-refractivity contribution in [3.63, 3.8) is 0 Å². The average molecular weight is 434 g/mol. The van der Waals surface area contributed by atoms with Gasteiger partial charge in [-0.3, -0.25) is 14.5 Å². The van der Waals surface area contributed by atoms with Crippen LogP contribution in [0.25, 0.3) is 10.9 Å². The fourth-order valence-electron chi connectivity index (χ4n) is 4.53. The van der Waals surface area contributed by atoms with Gasteiger partial charge in [0.15, 0.2) is 0 Å². The Bertz CT molecular complexity index is 1140. The number of anilines is 1. The van der Waals surface area contributed by atoms with Gasteiger partial charge in [-0.2, -0.15) is 0 Å². The predicted molar refractivity (Wildman–Crippen MR) is 122 cm³/mol. The minimum absolute atomic E-state index is 0.248. The Labute approximate surface area is 185 Å². The van der Waals surface area contributed by atoms with Gasteiger partial charge < -0.3 is 9.64 Å². The summed E-state index contributed by atoms with van der Waals surface area (Å²) in [4.78, 5) is 33.5. The van der Waals surface area contributed by atoms with Gasteiger partial charge in [0.05, 0.1) is 18.1 Å². The Morgan fingerprint density at radius 3 is 2.65 bits per heavy atom. The van der Waals surface area contributed by atoms with Crippen molar-refractivity contribution in [2.24, 2.45) is 0 Å². The van der Waals surface area contributed by atoms with Gasteiger partial charge in [0.25, 0.3) is 11.1 Å². The summed E-state index contributed by atoms with van der Waals surface area (Å²) in [7, 11) is 1.52. The lowest BCUT2D eigenvalue weighted by molar-refractivity contribution is -0.141. The molecule has 0 spiro atoms. The first-order valence-electron chi connectivity index (χ1n) is 10.4. The topological polar surface area (TPSA) is 62.7 Å². The number of carbonyl (C=O) groups is 2. The molecule has 0 radical (unpaired) electrons. The van der Waals surface area contributed by atoms with Gasteiger partial charge in [-0.1, -0.05) is 48.5 Å². The number of imide groups is 1. The van der Waals surface area contributed by atoms with Crippen LogP contribution in [0.3, 0.4) is 0 Å². The van der Waals surface area contributed by atoms with Crippen LogP contribution in [0.2, 0.25) is 0 Å². The number of hydrogen-bond donors (Lipinski definition) is 0. The Kier molecular flexibility index (Phi) is 5.16. The molecular weight excluding hydrogens is 410 g/mol. The first-order valence-corrected chi connectivity index (χ1v) is 11.2. The number of fused-ring (bicyclic) bond motifs is 1. The van der Waals surface area contributed by atoms with Crippen LogP contribution in [0, 0.1) is 0 Å². The third-order valence-electron chi connectivity index (χ3n) is 6.06. The highest BCUT2D eigenvalue weighted by Gasteiger charge is 2.60. The Morgan fingerprint density at radius 1 is 1.06 bits per heavy atom. The van der Waals surface area contributed by atoms with Gasteiger partial charge in [0, 0.05) is 19.0 Å². The molecule has 7 heteroatoms. The highest BCUT2D eigenvalue weighted by Crippen LogP contribution is 2.47. The third-order valence-corrected chi connectivity index (χ3v) is 7.37. The maximum absolute atomic E-state index is 13.6. The average Bonchev–Trinajstić information content (AvgIpc) is 3.39. The second-order valence-corrected chi connectivity index (χ2v) is 8.99. The van der Waals surface area contributed by atoms with Crippen LogP contribution in [-0.4, -0.2) is 45.7 Å². The number of hydrogen-bond acceptors (Lipinski definition) is 6. The second-order valence-electron chi connectivity index (χ2n) is 7.83. The Morgan fingerprint density at radius 2 is 1.84 bits per heavy atom. The number of para-hydroxylation sites is 1. The van der Waals surface area contributed by atoms with Gasteiger partial charge in [-0.25, -0.2) is 4.98 Å². The molecule has 0 aliphatic carbocycles. The quantitative estimate of drug-likeness (QED) is 0.593. The van der Waals surface area contributed by atoms with Gasteiger partial charge in [0.2, 0.25) is 4.93 Å². The zero-order chi connectivity index (χ0) is 21.4. The van der Waals surface area contributed by atoms with E-state index in [-0.39, 0.29) is 23.7 Å². The summed E-state index contributed by atoms with van der Waals surface area (Å²) in [5.74, 6) is 0.520. The van der Waals surface area contributed by atoms with Crippen molar-refractivity contribution in [2.75, 3.05) is 18.6 Å². The number of carbonyl (C=O) groups excluding carboxylic acids is 2. The van der Waals surface area contributed by atoms with E-state index in [0.717, 1.165) is 53.4 Å². The number of nitrogens with zero attached hydrogens (tertiary/aromatic N) is 3. The third kappa shape index (κ3) is 3.38. The van der Waals surface area contributed by atoms with Crippen LogP contribution < -0.4 is 4.90 Å². The number of thioether (sulfide) groups is 1. The van der Waals surface area contributed by atoms with Crippen LogP contribution in [0.1, 0.15) is 18.4 Å². The molecule has 3 aromatic rings. The van der Waals surface area contributed by atoms with Crippen LogP contribution >= 0.6 is 11.8 Å². The van der Waals surface area contributed by atoms with E-state index >= 15 is 0 Å². The molecule has 2 amide bonds. The van der Waals surface area contributed by atoms with Crippen molar-refractivity contribution in [2.45, 2.75) is 30.4 Å². The van der Waals surface area contributed by atoms with Gasteiger partial charge >= 0.3 is 0 Å². The molecule has 2 atom stereocenters. The number of rotatable bonds is 5. The first kappa shape index (κ1) is 20.0. The molecule has 2 saturated heterocycles. The van der Waals surface area contributed by atoms with E-state index in [0.29, 0.717) is 0 Å². The number of aromatic nitrogens is 1. The number of amides is 2. The standard InChI is InChI=1S/C24H23N3O3S/c1-30-24(22(28)27(23(29)31-24)16-17-8-3-2-4-9-17)20-12-7-15-26(20)21-14-13-18-10-5-6-11-19(18)25-21/h2-6,8-11,13-14,20H,7,12,15-16H2,1H3. The Balaban J connectivity index is 1.47. The van der Waals surface area contributed by atoms with Crippen molar-refractivity contribution in [1.29, 1.82) is 0 Å². The smallest absolute Gasteiger partial charge is 0.292 e. The van der Waals surface area contributed by atoms with E-state index in [4.69, 9.17) is 9.72 Å². The van der Waals surface area contributed by atoms with Crippen molar-refractivity contribution in [3.05, 3.63) is 72.3 Å². The summed E-state index contributed by atoms with van der Waals surface area (Å²) in [5, 5.41) is 0.799. The highest BCUT2D eigenvalue weighted by atomic mass is 32.2. The van der Waals surface area contributed by atoms with Gasteiger partial charge in [0.1, 0.15) is 5.82 Å². The molecule has 0 N–H and O–H groups in total. The summed E-state index contributed by atoms with van der Waals surface area (Å²) in [6.45, 7) is 1.01. The molecule has 2 aliphatic rings. The van der Waals surface area contributed by atoms with E-state index in [2.05, 4.69) is 4.90 Å². The zero-order valence-electron chi connectivity index (χ0n) is 17.2. The van der Waals surface area contributed by atoms with Crippen molar-refractivity contribution < 1.29 is 14.3 Å². The van der Waals surface area contributed by atoms with E-state index in [1.165, 1.54) is 12.0 Å². The van der Waals surface area contributed by atoms with E-state index < -0.39 is 4.93 Å².